The number of unbranched alkanes of at least 4 members (excludes halogenated alkanes) is 1. The molecule has 1 atom stereocenters. The van der Waals surface area contributed by atoms with Crippen LogP contribution in [0.5, 0.6) is 0 Å². The van der Waals surface area contributed by atoms with Gasteiger partial charge in [-0.3, -0.25) is 4.21 Å². The normalized spacial score (nSPS) is 17.2. The van der Waals surface area contributed by atoms with Gasteiger partial charge in [-0.05, 0) is 44.9 Å². The van der Waals surface area contributed by atoms with E-state index in [1.165, 1.54) is 12.8 Å². The van der Waals surface area contributed by atoms with Gasteiger partial charge in [-0.1, -0.05) is 27.2 Å². The standard InChI is InChI=1S/C14H31NOS/c1-13(2,3)11-9-10-12-15(14(4,5)6)17(7,8)16/h7,9-12H2,1-6,8H3. The minimum absolute atomic E-state index is 0.0741. The Morgan fingerprint density at radius 3 is 1.82 bits per heavy atom. The predicted octanol–water partition coefficient (Wildman–Crippen LogP) is 3.56. The average molecular weight is 261 g/mol. The lowest BCUT2D eigenvalue weighted by atomic mass is 9.90. The zero-order valence-corrected chi connectivity index (χ0v) is 13.6. The van der Waals surface area contributed by atoms with Crippen molar-refractivity contribution >= 4 is 15.6 Å². The molecule has 0 bridgehead atoms. The van der Waals surface area contributed by atoms with Crippen molar-refractivity contribution in [2.24, 2.45) is 5.41 Å². The summed E-state index contributed by atoms with van der Waals surface area (Å²) in [5.74, 6) is 3.82. The van der Waals surface area contributed by atoms with Crippen molar-refractivity contribution in [3.05, 3.63) is 0 Å². The summed E-state index contributed by atoms with van der Waals surface area (Å²) >= 11 is 0. The summed E-state index contributed by atoms with van der Waals surface area (Å²) < 4.78 is 14.2. The molecule has 0 aliphatic rings. The second-order valence-corrected chi connectivity index (χ2v) is 9.61. The van der Waals surface area contributed by atoms with Gasteiger partial charge < -0.3 is 0 Å². The summed E-state index contributed by atoms with van der Waals surface area (Å²) in [4.78, 5) is 0. The van der Waals surface area contributed by atoms with Gasteiger partial charge in [0.1, 0.15) is 0 Å². The highest BCUT2D eigenvalue weighted by Crippen LogP contribution is 2.23. The average Bonchev–Trinajstić information content (AvgIpc) is 1.95. The molecule has 104 valence electrons. The van der Waals surface area contributed by atoms with E-state index in [0.29, 0.717) is 5.41 Å². The number of hydrogen-bond acceptors (Lipinski definition) is 1. The van der Waals surface area contributed by atoms with Crippen LogP contribution < -0.4 is 0 Å². The molecule has 3 heteroatoms. The molecule has 0 heterocycles. The quantitative estimate of drug-likeness (QED) is 0.547. The molecule has 1 unspecified atom stereocenters. The molecule has 0 saturated carbocycles. The summed E-state index contributed by atoms with van der Waals surface area (Å²) in [6.07, 6.45) is 5.23. The van der Waals surface area contributed by atoms with Crippen molar-refractivity contribution in [1.82, 2.24) is 4.31 Å². The molecule has 0 aromatic carbocycles. The monoisotopic (exact) mass is 261 g/mol. The largest absolute Gasteiger partial charge is 0.253 e. The van der Waals surface area contributed by atoms with E-state index in [-0.39, 0.29) is 5.54 Å². The minimum atomic E-state index is -2.11. The molecule has 0 N–H and O–H groups in total. The second kappa shape index (κ2) is 5.75. The third-order valence-electron chi connectivity index (χ3n) is 2.75. The van der Waals surface area contributed by atoms with E-state index in [1.54, 1.807) is 6.26 Å². The minimum Gasteiger partial charge on any atom is -0.253 e. The van der Waals surface area contributed by atoms with Crippen molar-refractivity contribution in [3.63, 3.8) is 0 Å². The van der Waals surface area contributed by atoms with Crippen LogP contribution in [0.15, 0.2) is 0 Å². The first-order chi connectivity index (χ1) is 7.34. The first kappa shape index (κ1) is 17.0. The van der Waals surface area contributed by atoms with E-state index in [4.69, 9.17) is 0 Å². The van der Waals surface area contributed by atoms with Crippen LogP contribution in [0.1, 0.15) is 60.8 Å². The number of hydrogen-bond donors (Lipinski definition) is 0. The molecule has 0 spiro atoms. The van der Waals surface area contributed by atoms with E-state index in [9.17, 15) is 4.21 Å². The molecule has 0 aromatic heterocycles. The van der Waals surface area contributed by atoms with E-state index in [2.05, 4.69) is 47.4 Å². The zero-order chi connectivity index (χ0) is 13.9. The van der Waals surface area contributed by atoms with Crippen LogP contribution >= 0.6 is 0 Å². The van der Waals surface area contributed by atoms with Crippen LogP contribution in [-0.4, -0.2) is 32.7 Å². The molecule has 17 heavy (non-hydrogen) atoms. The predicted molar refractivity (Wildman–Crippen MR) is 81.0 cm³/mol. The highest BCUT2D eigenvalue weighted by atomic mass is 32.2. The number of nitrogens with zero attached hydrogens (tertiary/aromatic N) is 1. The Bertz CT molecular complexity index is 317. The molecule has 0 amide bonds. The van der Waals surface area contributed by atoms with Gasteiger partial charge in [-0.2, -0.15) is 0 Å². The fourth-order valence-electron chi connectivity index (χ4n) is 2.02. The van der Waals surface area contributed by atoms with Gasteiger partial charge in [0.2, 0.25) is 0 Å². The van der Waals surface area contributed by atoms with Crippen LogP contribution in [0.2, 0.25) is 0 Å². The summed E-state index contributed by atoms with van der Waals surface area (Å²) in [5, 5.41) is 0. The molecule has 0 aromatic rings. The van der Waals surface area contributed by atoms with Crippen molar-refractivity contribution in [2.45, 2.75) is 66.3 Å². The van der Waals surface area contributed by atoms with Gasteiger partial charge in [0, 0.05) is 28.0 Å². The fraction of sp³-hybridized carbons (Fsp3) is 0.929. The maximum absolute atomic E-state index is 12.1. The lowest BCUT2D eigenvalue weighted by molar-refractivity contribution is 0.251. The molecule has 0 aliphatic carbocycles. The van der Waals surface area contributed by atoms with Crippen LogP contribution in [-0.2, 0) is 9.71 Å². The molecular weight excluding hydrogens is 230 g/mol. The topological polar surface area (TPSA) is 20.3 Å². The second-order valence-electron chi connectivity index (χ2n) is 7.25. The summed E-state index contributed by atoms with van der Waals surface area (Å²) in [6, 6.07) is 0. The first-order valence-electron chi connectivity index (χ1n) is 6.44. The van der Waals surface area contributed by atoms with Gasteiger partial charge in [-0.15, -0.1) is 0 Å². The summed E-state index contributed by atoms with van der Waals surface area (Å²) in [5.41, 5.74) is 0.319. The number of rotatable bonds is 5. The van der Waals surface area contributed by atoms with Gasteiger partial charge in [0.05, 0.1) is 0 Å². The third-order valence-corrected chi connectivity index (χ3v) is 4.42. The van der Waals surface area contributed by atoms with Crippen molar-refractivity contribution in [1.29, 1.82) is 0 Å². The van der Waals surface area contributed by atoms with Crippen LogP contribution in [0.3, 0.4) is 0 Å². The SMILES string of the molecule is C=S(C)(=O)N(CCCCC(C)(C)C)C(C)(C)C. The van der Waals surface area contributed by atoms with Gasteiger partial charge in [-0.25, -0.2) is 4.31 Å². The smallest absolute Gasteiger partial charge is 0.0250 e. The third kappa shape index (κ3) is 7.82. The van der Waals surface area contributed by atoms with Crippen molar-refractivity contribution < 1.29 is 4.21 Å². The summed E-state index contributed by atoms with van der Waals surface area (Å²) in [6.45, 7) is 14.0. The van der Waals surface area contributed by atoms with Crippen molar-refractivity contribution in [2.75, 3.05) is 12.8 Å². The molecule has 0 saturated heterocycles. The Morgan fingerprint density at radius 2 is 1.53 bits per heavy atom. The first-order valence-corrected chi connectivity index (χ1v) is 8.53. The Hall–Kier alpha value is -0.0200. The molecule has 0 fully saturated rings. The van der Waals surface area contributed by atoms with E-state index in [0.717, 1.165) is 13.0 Å². The molecule has 2 nitrogen and oxygen atoms in total. The highest BCUT2D eigenvalue weighted by molar-refractivity contribution is 7.97. The summed E-state index contributed by atoms with van der Waals surface area (Å²) in [7, 11) is -2.11. The fourth-order valence-corrected chi connectivity index (χ4v) is 3.69. The van der Waals surface area contributed by atoms with E-state index >= 15 is 0 Å². The van der Waals surface area contributed by atoms with Gasteiger partial charge in [0.15, 0.2) is 0 Å². The highest BCUT2D eigenvalue weighted by Gasteiger charge is 2.25. The molecule has 0 rings (SSSR count). The van der Waals surface area contributed by atoms with Crippen molar-refractivity contribution in [3.8, 4) is 0 Å². The Balaban J connectivity index is 4.32. The molecular formula is C14H31NOS. The van der Waals surface area contributed by atoms with Gasteiger partial charge >= 0.3 is 0 Å². The van der Waals surface area contributed by atoms with Crippen LogP contribution in [0.25, 0.3) is 0 Å². The lowest BCUT2D eigenvalue weighted by Crippen LogP contribution is -2.45. The van der Waals surface area contributed by atoms with Gasteiger partial charge in [0.25, 0.3) is 0 Å². The Kier molecular flexibility index (Phi) is 5.74. The van der Waals surface area contributed by atoms with Crippen LogP contribution in [0, 0.1) is 5.41 Å². The van der Waals surface area contributed by atoms with E-state index in [1.807, 2.05) is 4.31 Å². The molecule has 0 aliphatic heterocycles. The van der Waals surface area contributed by atoms with E-state index < -0.39 is 9.71 Å². The maximum atomic E-state index is 12.1. The Morgan fingerprint density at radius 1 is 1.06 bits per heavy atom. The lowest BCUT2D eigenvalue weighted by Gasteiger charge is -2.36. The maximum Gasteiger partial charge on any atom is 0.0250 e. The Labute approximate surface area is 109 Å². The zero-order valence-electron chi connectivity index (χ0n) is 12.8. The molecule has 0 radical (unpaired) electrons. The van der Waals surface area contributed by atoms with Crippen LogP contribution in [0.4, 0.5) is 0 Å².